The number of anilines is 1. The number of carbonyl (C=O) groups excluding carboxylic acids is 1. The van der Waals surface area contributed by atoms with Crippen LogP contribution in [0.3, 0.4) is 0 Å². The Morgan fingerprint density at radius 3 is 3.05 bits per heavy atom. The predicted octanol–water partition coefficient (Wildman–Crippen LogP) is 2.42. The minimum atomic E-state index is -0.344. The van der Waals surface area contributed by atoms with Gasteiger partial charge in [0.2, 0.25) is 5.91 Å². The predicted molar refractivity (Wildman–Crippen MR) is 77.7 cm³/mol. The molecule has 112 valence electrons. The molecule has 1 aliphatic heterocycles. The summed E-state index contributed by atoms with van der Waals surface area (Å²) in [5, 5.41) is 0. The zero-order valence-electron chi connectivity index (χ0n) is 12.0. The Kier molecular flexibility index (Phi) is 3.77. The van der Waals surface area contributed by atoms with Crippen molar-refractivity contribution in [2.24, 2.45) is 0 Å². The van der Waals surface area contributed by atoms with Gasteiger partial charge in [-0.2, -0.15) is 4.98 Å². The molecule has 2 heterocycles. The van der Waals surface area contributed by atoms with Crippen LogP contribution in [0.15, 0.2) is 22.6 Å². The third-order valence-electron chi connectivity index (χ3n) is 3.64. The second-order valence-corrected chi connectivity index (χ2v) is 5.26. The lowest BCUT2D eigenvalue weighted by Crippen LogP contribution is -2.37. The van der Waals surface area contributed by atoms with E-state index in [2.05, 4.69) is 11.9 Å². The van der Waals surface area contributed by atoms with Crippen LogP contribution in [0.25, 0.3) is 11.1 Å². The van der Waals surface area contributed by atoms with Crippen molar-refractivity contribution in [2.75, 3.05) is 31.1 Å². The second kappa shape index (κ2) is 5.71. The minimum Gasteiger partial charge on any atom is -0.423 e. The van der Waals surface area contributed by atoms with E-state index in [1.807, 2.05) is 9.80 Å². The highest BCUT2D eigenvalue weighted by Gasteiger charge is 2.24. The van der Waals surface area contributed by atoms with Crippen LogP contribution in [0.5, 0.6) is 0 Å². The summed E-state index contributed by atoms with van der Waals surface area (Å²) in [6.45, 7) is 4.57. The average Bonchev–Trinajstić information content (AvgIpc) is 2.79. The molecule has 5 nitrogen and oxygen atoms in total. The van der Waals surface area contributed by atoms with E-state index in [9.17, 15) is 9.18 Å². The molecular weight excluding hydrogens is 273 g/mol. The van der Waals surface area contributed by atoms with E-state index < -0.39 is 0 Å². The molecule has 2 aromatic rings. The molecule has 0 spiro atoms. The Morgan fingerprint density at radius 2 is 2.24 bits per heavy atom. The molecular formula is C15H18FN3O2. The summed E-state index contributed by atoms with van der Waals surface area (Å²) in [6.07, 6.45) is 1.83. The molecule has 0 radical (unpaired) electrons. The molecule has 1 fully saturated rings. The van der Waals surface area contributed by atoms with Crippen molar-refractivity contribution in [1.82, 2.24) is 9.88 Å². The van der Waals surface area contributed by atoms with Gasteiger partial charge in [-0.15, -0.1) is 0 Å². The van der Waals surface area contributed by atoms with E-state index in [0.29, 0.717) is 23.7 Å². The number of rotatable bonds is 3. The Labute approximate surface area is 122 Å². The van der Waals surface area contributed by atoms with Crippen LogP contribution >= 0.6 is 0 Å². The first kappa shape index (κ1) is 13.9. The van der Waals surface area contributed by atoms with Crippen LogP contribution in [0.1, 0.15) is 19.8 Å². The van der Waals surface area contributed by atoms with Gasteiger partial charge in [-0.3, -0.25) is 4.79 Å². The van der Waals surface area contributed by atoms with Gasteiger partial charge in [0.15, 0.2) is 5.58 Å². The van der Waals surface area contributed by atoms with Gasteiger partial charge in [-0.05, 0) is 25.0 Å². The van der Waals surface area contributed by atoms with Crippen LogP contribution in [0, 0.1) is 5.82 Å². The number of hydrogen-bond donors (Lipinski definition) is 0. The summed E-state index contributed by atoms with van der Waals surface area (Å²) in [7, 11) is 0. The zero-order chi connectivity index (χ0) is 14.8. The zero-order valence-corrected chi connectivity index (χ0v) is 12.0. The fourth-order valence-corrected chi connectivity index (χ4v) is 2.61. The Morgan fingerprint density at radius 1 is 1.38 bits per heavy atom. The van der Waals surface area contributed by atoms with Crippen molar-refractivity contribution in [2.45, 2.75) is 19.8 Å². The summed E-state index contributed by atoms with van der Waals surface area (Å²) in [5.41, 5.74) is 1.01. The molecule has 0 atom stereocenters. The van der Waals surface area contributed by atoms with Crippen molar-refractivity contribution in [1.29, 1.82) is 0 Å². The SMILES string of the molecule is CCCN1CCCN(c2nc3cc(F)ccc3o2)CC1=O. The number of carbonyl (C=O) groups is 1. The summed E-state index contributed by atoms with van der Waals surface area (Å²) in [4.78, 5) is 20.2. The molecule has 0 bridgehead atoms. The molecule has 6 heteroatoms. The Bertz CT molecular complexity index is 655. The lowest BCUT2D eigenvalue weighted by Gasteiger charge is -2.20. The fourth-order valence-electron chi connectivity index (χ4n) is 2.61. The highest BCUT2D eigenvalue weighted by Crippen LogP contribution is 2.23. The normalized spacial score (nSPS) is 16.6. The lowest BCUT2D eigenvalue weighted by atomic mass is 10.3. The molecule has 1 aromatic heterocycles. The van der Waals surface area contributed by atoms with E-state index in [0.717, 1.165) is 25.9 Å². The van der Waals surface area contributed by atoms with E-state index in [4.69, 9.17) is 4.42 Å². The van der Waals surface area contributed by atoms with Crippen LogP contribution in [0.4, 0.5) is 10.4 Å². The third-order valence-corrected chi connectivity index (χ3v) is 3.64. The number of halogens is 1. The molecule has 0 saturated carbocycles. The molecule has 1 aromatic carbocycles. The first-order chi connectivity index (χ1) is 10.2. The van der Waals surface area contributed by atoms with Crippen molar-refractivity contribution in [3.05, 3.63) is 24.0 Å². The molecule has 0 unspecified atom stereocenters. The summed E-state index contributed by atoms with van der Waals surface area (Å²) in [5.74, 6) is -0.258. The van der Waals surface area contributed by atoms with E-state index in [1.54, 1.807) is 6.07 Å². The number of nitrogens with zero attached hydrogens (tertiary/aromatic N) is 3. The van der Waals surface area contributed by atoms with Crippen LogP contribution in [-0.4, -0.2) is 42.0 Å². The summed E-state index contributed by atoms with van der Waals surface area (Å²) < 4.78 is 18.8. The second-order valence-electron chi connectivity index (χ2n) is 5.26. The monoisotopic (exact) mass is 291 g/mol. The van der Waals surface area contributed by atoms with Gasteiger partial charge in [0.05, 0.1) is 0 Å². The van der Waals surface area contributed by atoms with E-state index in [1.165, 1.54) is 12.1 Å². The highest BCUT2D eigenvalue weighted by molar-refractivity contribution is 5.82. The molecule has 1 aliphatic rings. The smallest absolute Gasteiger partial charge is 0.298 e. The summed E-state index contributed by atoms with van der Waals surface area (Å²) >= 11 is 0. The van der Waals surface area contributed by atoms with E-state index in [-0.39, 0.29) is 18.3 Å². The van der Waals surface area contributed by atoms with Gasteiger partial charge >= 0.3 is 0 Å². The van der Waals surface area contributed by atoms with Crippen molar-refractivity contribution >= 4 is 23.0 Å². The van der Waals surface area contributed by atoms with Gasteiger partial charge in [-0.25, -0.2) is 4.39 Å². The first-order valence-electron chi connectivity index (χ1n) is 7.26. The topological polar surface area (TPSA) is 49.6 Å². The number of fused-ring (bicyclic) bond motifs is 1. The molecule has 21 heavy (non-hydrogen) atoms. The van der Waals surface area contributed by atoms with Crippen LogP contribution in [0.2, 0.25) is 0 Å². The van der Waals surface area contributed by atoms with Gasteiger partial charge in [0, 0.05) is 25.7 Å². The van der Waals surface area contributed by atoms with Gasteiger partial charge < -0.3 is 14.2 Å². The average molecular weight is 291 g/mol. The molecule has 1 saturated heterocycles. The third kappa shape index (κ3) is 2.84. The maximum absolute atomic E-state index is 13.2. The largest absolute Gasteiger partial charge is 0.423 e. The molecule has 0 aliphatic carbocycles. The van der Waals surface area contributed by atoms with Crippen LogP contribution < -0.4 is 4.90 Å². The van der Waals surface area contributed by atoms with Gasteiger partial charge in [-0.1, -0.05) is 6.92 Å². The maximum atomic E-state index is 13.2. The van der Waals surface area contributed by atoms with Gasteiger partial charge in [0.25, 0.3) is 6.01 Å². The standard InChI is InChI=1S/C15H18FN3O2/c1-2-6-18-7-3-8-19(10-14(18)20)15-17-12-9-11(16)4-5-13(12)21-15/h4-5,9H,2-3,6-8,10H2,1H3. The van der Waals surface area contributed by atoms with E-state index >= 15 is 0 Å². The number of benzene rings is 1. The summed E-state index contributed by atoms with van der Waals surface area (Å²) in [6, 6.07) is 4.63. The van der Waals surface area contributed by atoms with Gasteiger partial charge in [0.1, 0.15) is 17.9 Å². The lowest BCUT2D eigenvalue weighted by molar-refractivity contribution is -0.129. The quantitative estimate of drug-likeness (QED) is 0.871. The first-order valence-corrected chi connectivity index (χ1v) is 7.26. The molecule has 3 rings (SSSR count). The molecule has 0 N–H and O–H groups in total. The maximum Gasteiger partial charge on any atom is 0.298 e. The molecule has 1 amide bonds. The Balaban J connectivity index is 1.83. The number of hydrogen-bond acceptors (Lipinski definition) is 4. The number of oxazole rings is 1. The number of aromatic nitrogens is 1. The Hall–Kier alpha value is -2.11. The van der Waals surface area contributed by atoms with Crippen molar-refractivity contribution in [3.63, 3.8) is 0 Å². The van der Waals surface area contributed by atoms with Crippen LogP contribution in [-0.2, 0) is 4.79 Å². The minimum absolute atomic E-state index is 0.0859. The van der Waals surface area contributed by atoms with Crippen molar-refractivity contribution < 1.29 is 13.6 Å². The fraction of sp³-hybridized carbons (Fsp3) is 0.467. The highest BCUT2D eigenvalue weighted by atomic mass is 19.1. The number of amides is 1. The van der Waals surface area contributed by atoms with Crippen molar-refractivity contribution in [3.8, 4) is 0 Å².